The van der Waals surface area contributed by atoms with Crippen LogP contribution in [-0.4, -0.2) is 27.6 Å². The summed E-state index contributed by atoms with van der Waals surface area (Å²) < 4.78 is 0. The van der Waals surface area contributed by atoms with Crippen LogP contribution in [-0.2, 0) is 9.59 Å². The van der Waals surface area contributed by atoms with Crippen LogP contribution in [0, 0.1) is 0 Å². The number of carbonyl (C=O) groups is 2. The van der Waals surface area contributed by atoms with Gasteiger partial charge in [-0.05, 0) is 0 Å². The summed E-state index contributed by atoms with van der Waals surface area (Å²) in [4.78, 5) is 19.7. The minimum Gasteiger partial charge on any atom is -0.481 e. The Balaban J connectivity index is -0.000000249. The molecule has 0 atom stereocenters. The van der Waals surface area contributed by atoms with Crippen LogP contribution in [0.5, 0.6) is 0 Å². The number of carboxylic acid groups (broad SMARTS) is 2. The third-order valence-electron chi connectivity index (χ3n) is 0.667. The maximum absolute atomic E-state index is 9.87. The molecule has 0 unspecified atom stereocenters. The summed E-state index contributed by atoms with van der Waals surface area (Å²) >= 11 is 0. The van der Waals surface area contributed by atoms with Gasteiger partial charge in [0.2, 0.25) is 0 Å². The summed E-state index contributed by atoms with van der Waals surface area (Å²) in [6.45, 7) is 9.01. The topological polar surface area (TPSA) is 106 Å². The van der Waals surface area contributed by atoms with Crippen molar-refractivity contribution in [3.05, 3.63) is 25.3 Å². The largest absolute Gasteiger partial charge is 0.481 e. The number of hydrogen-bond acceptors (Lipinski definition) is 2. The lowest BCUT2D eigenvalue weighted by molar-refractivity contribution is -0.139. The molecule has 0 heterocycles. The number of hydrogen-bond donors (Lipinski definition) is 2. The Morgan fingerprint density at radius 3 is 1.58 bits per heavy atom. The zero-order valence-electron chi connectivity index (χ0n) is 6.54. The Labute approximate surface area is 69.9 Å². The van der Waals surface area contributed by atoms with Crippen LogP contribution < -0.4 is 0 Å². The zero-order chi connectivity index (χ0) is 9.44. The van der Waals surface area contributed by atoms with Crippen LogP contribution in [0.3, 0.4) is 0 Å². The van der Waals surface area contributed by atoms with Crippen molar-refractivity contribution in [1.82, 2.24) is 0 Å². The molecule has 0 aliphatic rings. The lowest BCUT2D eigenvalue weighted by atomic mass is 10.2. The van der Waals surface area contributed by atoms with Gasteiger partial charge < -0.3 is 15.7 Å². The quantitative estimate of drug-likeness (QED) is 0.469. The average molecular weight is 176 g/mol. The second-order valence-electron chi connectivity index (χ2n) is 1.48. The van der Waals surface area contributed by atoms with E-state index < -0.39 is 18.4 Å². The molecule has 0 aliphatic carbocycles. The molecular formula is C7H12O5. The van der Waals surface area contributed by atoms with Gasteiger partial charge in [0.15, 0.2) is 0 Å². The minimum absolute atomic E-state index is 0. The molecule has 0 saturated carbocycles. The van der Waals surface area contributed by atoms with Gasteiger partial charge in [0.1, 0.15) is 0 Å². The summed E-state index contributed by atoms with van der Waals surface area (Å²) in [7, 11) is 0. The Hall–Kier alpha value is -1.62. The summed E-state index contributed by atoms with van der Waals surface area (Å²) in [5.74, 6) is -2.44. The number of carboxylic acids is 2. The maximum atomic E-state index is 9.87. The van der Waals surface area contributed by atoms with E-state index in [1.54, 1.807) is 0 Å². The van der Waals surface area contributed by atoms with Gasteiger partial charge in [-0.3, -0.25) is 4.79 Å². The Kier molecular flexibility index (Phi) is 13.1. The van der Waals surface area contributed by atoms with E-state index in [1.807, 2.05) is 0 Å². The molecule has 4 N–H and O–H groups in total. The molecule has 70 valence electrons. The number of rotatable bonds is 3. The Bertz CT molecular complexity index is 173. The van der Waals surface area contributed by atoms with E-state index in [9.17, 15) is 9.59 Å². The van der Waals surface area contributed by atoms with Crippen LogP contribution >= 0.6 is 0 Å². The molecule has 12 heavy (non-hydrogen) atoms. The van der Waals surface area contributed by atoms with E-state index in [4.69, 9.17) is 10.2 Å². The van der Waals surface area contributed by atoms with Gasteiger partial charge in [0.25, 0.3) is 0 Å². The van der Waals surface area contributed by atoms with Crippen LogP contribution in [0.15, 0.2) is 25.3 Å². The van der Waals surface area contributed by atoms with E-state index in [2.05, 4.69) is 19.7 Å². The van der Waals surface area contributed by atoms with Gasteiger partial charge >= 0.3 is 11.9 Å². The third kappa shape index (κ3) is 11.2. The molecule has 0 radical (unpaired) electrons. The van der Waals surface area contributed by atoms with Crippen molar-refractivity contribution in [3.63, 3.8) is 0 Å². The smallest absolute Gasteiger partial charge is 0.331 e. The first-order chi connectivity index (χ1) is 5.04. The van der Waals surface area contributed by atoms with Crippen molar-refractivity contribution in [2.75, 3.05) is 0 Å². The predicted octanol–water partition coefficient (Wildman–Crippen LogP) is 0.0794. The van der Waals surface area contributed by atoms with Crippen molar-refractivity contribution in [2.24, 2.45) is 0 Å². The molecule has 0 aromatic carbocycles. The van der Waals surface area contributed by atoms with Gasteiger partial charge in [-0.15, -0.1) is 13.2 Å². The fourth-order valence-corrected chi connectivity index (χ4v) is 0.258. The molecule has 0 fully saturated rings. The lowest BCUT2D eigenvalue weighted by Crippen LogP contribution is -2.04. The first kappa shape index (κ1) is 16.8. The molecular weight excluding hydrogens is 164 g/mol. The van der Waals surface area contributed by atoms with Gasteiger partial charge in [0, 0.05) is 5.57 Å². The first-order valence-electron chi connectivity index (χ1n) is 2.67. The van der Waals surface area contributed by atoms with Gasteiger partial charge in [-0.1, -0.05) is 6.58 Å². The molecule has 0 spiro atoms. The number of aliphatic carboxylic acids is 2. The highest BCUT2D eigenvalue weighted by Crippen LogP contribution is 1.95. The Morgan fingerprint density at radius 2 is 1.50 bits per heavy atom. The molecule has 0 saturated heterocycles. The van der Waals surface area contributed by atoms with E-state index in [-0.39, 0.29) is 11.0 Å². The van der Waals surface area contributed by atoms with Crippen molar-refractivity contribution < 1.29 is 25.3 Å². The van der Waals surface area contributed by atoms with Crippen molar-refractivity contribution >= 4 is 11.9 Å². The molecule has 0 aromatic heterocycles. The highest BCUT2D eigenvalue weighted by Gasteiger charge is 2.07. The van der Waals surface area contributed by atoms with Gasteiger partial charge in [-0.25, -0.2) is 4.79 Å². The second-order valence-corrected chi connectivity index (χ2v) is 1.48. The van der Waals surface area contributed by atoms with Gasteiger partial charge in [-0.2, -0.15) is 0 Å². The predicted molar refractivity (Wildman–Crippen MR) is 43.9 cm³/mol. The normalized spacial score (nSPS) is 6.67. The van der Waals surface area contributed by atoms with Crippen molar-refractivity contribution in [2.45, 2.75) is 6.42 Å². The Morgan fingerprint density at radius 1 is 1.17 bits per heavy atom. The molecule has 0 rings (SSSR count). The van der Waals surface area contributed by atoms with Crippen LogP contribution in [0.25, 0.3) is 0 Å². The van der Waals surface area contributed by atoms with E-state index in [1.165, 1.54) is 0 Å². The molecule has 0 aliphatic heterocycles. The van der Waals surface area contributed by atoms with E-state index >= 15 is 0 Å². The molecule has 0 bridgehead atoms. The average Bonchev–Trinajstić information content (AvgIpc) is 1.90. The summed E-state index contributed by atoms with van der Waals surface area (Å²) in [5.41, 5.74) is -0.303. The fourth-order valence-electron chi connectivity index (χ4n) is 0.258. The summed E-state index contributed by atoms with van der Waals surface area (Å²) in [6, 6.07) is 0. The fraction of sp³-hybridized carbons (Fsp3) is 0.143. The van der Waals surface area contributed by atoms with Crippen LogP contribution in [0.1, 0.15) is 6.42 Å². The zero-order valence-corrected chi connectivity index (χ0v) is 6.54. The molecule has 5 heteroatoms. The molecule has 5 nitrogen and oxygen atoms in total. The highest BCUT2D eigenvalue weighted by atomic mass is 16.4. The molecule has 0 aromatic rings. The SMILES string of the molecule is C=C.C=C(CC(=O)O)C(=O)O.O. The highest BCUT2D eigenvalue weighted by molar-refractivity contribution is 5.91. The van der Waals surface area contributed by atoms with E-state index in [0.717, 1.165) is 0 Å². The van der Waals surface area contributed by atoms with Gasteiger partial charge in [0.05, 0.1) is 6.42 Å². The minimum atomic E-state index is -1.27. The van der Waals surface area contributed by atoms with Crippen LogP contribution in [0.2, 0.25) is 0 Å². The standard InChI is InChI=1S/C5H6O4.C2H4.H2O/c1-3(5(8)9)2-4(6)7;1-2;/h1-2H2,(H,6,7)(H,8,9);1-2H2;1H2. The third-order valence-corrected chi connectivity index (χ3v) is 0.667. The maximum Gasteiger partial charge on any atom is 0.331 e. The second kappa shape index (κ2) is 9.38. The summed E-state index contributed by atoms with van der Waals surface area (Å²) in [5, 5.41) is 16.1. The monoisotopic (exact) mass is 176 g/mol. The summed E-state index contributed by atoms with van der Waals surface area (Å²) in [6.07, 6.45) is -0.505. The van der Waals surface area contributed by atoms with Crippen molar-refractivity contribution in [3.8, 4) is 0 Å². The lowest BCUT2D eigenvalue weighted by Gasteiger charge is -1.91. The molecule has 0 amide bonds. The van der Waals surface area contributed by atoms with Crippen LogP contribution in [0.4, 0.5) is 0 Å². The van der Waals surface area contributed by atoms with E-state index in [0.29, 0.717) is 0 Å². The van der Waals surface area contributed by atoms with Crippen molar-refractivity contribution in [1.29, 1.82) is 0 Å². The first-order valence-corrected chi connectivity index (χ1v) is 2.67.